The molecule has 0 bridgehead atoms. The van der Waals surface area contributed by atoms with Crippen LogP contribution >= 0.6 is 15.9 Å². The third kappa shape index (κ3) is 2.51. The molecule has 5 heteroatoms. The van der Waals surface area contributed by atoms with Gasteiger partial charge in [-0.1, -0.05) is 26.7 Å². The first kappa shape index (κ1) is 13.3. The van der Waals surface area contributed by atoms with Gasteiger partial charge in [0.05, 0.1) is 10.7 Å². The van der Waals surface area contributed by atoms with E-state index >= 15 is 0 Å². The lowest BCUT2D eigenvalue weighted by Crippen LogP contribution is -2.07. The largest absolute Gasteiger partial charge is 0.384 e. The smallest absolute Gasteiger partial charge is 0.171 e. The second kappa shape index (κ2) is 5.69. The molecule has 0 aliphatic heterocycles. The van der Waals surface area contributed by atoms with Crippen molar-refractivity contribution in [1.82, 2.24) is 14.6 Å². The van der Waals surface area contributed by atoms with Crippen molar-refractivity contribution in [2.45, 2.75) is 45.4 Å². The van der Waals surface area contributed by atoms with Crippen LogP contribution in [0.25, 0.3) is 5.65 Å². The fourth-order valence-electron chi connectivity index (χ4n) is 2.20. The molecule has 0 spiro atoms. The van der Waals surface area contributed by atoms with Gasteiger partial charge in [-0.15, -0.1) is 0 Å². The van der Waals surface area contributed by atoms with E-state index in [1.165, 1.54) is 19.3 Å². The number of aromatic nitrogens is 3. The highest BCUT2D eigenvalue weighted by Gasteiger charge is 2.14. The number of anilines is 1. The third-order valence-electron chi connectivity index (χ3n) is 3.29. The summed E-state index contributed by atoms with van der Waals surface area (Å²) in [6.07, 6.45) is 6.43. The van der Waals surface area contributed by atoms with Gasteiger partial charge in [-0.25, -0.2) is 4.98 Å². The predicted molar refractivity (Wildman–Crippen MR) is 77.7 cm³/mol. The molecule has 2 N–H and O–H groups in total. The number of nitrogen functional groups attached to an aromatic ring is 1. The molecule has 18 heavy (non-hydrogen) atoms. The molecule has 0 fully saturated rings. The molecule has 1 unspecified atom stereocenters. The molecule has 0 amide bonds. The van der Waals surface area contributed by atoms with E-state index < -0.39 is 0 Å². The molecule has 2 rings (SSSR count). The van der Waals surface area contributed by atoms with Crippen molar-refractivity contribution in [1.29, 1.82) is 0 Å². The van der Waals surface area contributed by atoms with Crippen molar-refractivity contribution >= 4 is 27.4 Å². The molecular formula is C13H19BrN4. The summed E-state index contributed by atoms with van der Waals surface area (Å²) in [6, 6.07) is 1.95. The van der Waals surface area contributed by atoms with E-state index in [9.17, 15) is 0 Å². The molecule has 1 atom stereocenters. The van der Waals surface area contributed by atoms with Gasteiger partial charge in [-0.3, -0.25) is 0 Å². The fraction of sp³-hybridized carbons (Fsp3) is 0.538. The summed E-state index contributed by atoms with van der Waals surface area (Å²) in [6.45, 7) is 4.42. The summed E-state index contributed by atoms with van der Waals surface area (Å²) in [4.78, 5) is 4.69. The third-order valence-corrected chi connectivity index (χ3v) is 3.85. The Morgan fingerprint density at radius 1 is 1.44 bits per heavy atom. The molecule has 98 valence electrons. The van der Waals surface area contributed by atoms with Crippen molar-refractivity contribution in [2.24, 2.45) is 0 Å². The van der Waals surface area contributed by atoms with E-state index in [-0.39, 0.29) is 0 Å². The van der Waals surface area contributed by atoms with E-state index in [1.54, 1.807) is 10.7 Å². The van der Waals surface area contributed by atoms with Gasteiger partial charge in [-0.05, 0) is 28.8 Å². The maximum Gasteiger partial charge on any atom is 0.171 e. The van der Waals surface area contributed by atoms with Gasteiger partial charge in [0.2, 0.25) is 0 Å². The second-order valence-corrected chi connectivity index (χ2v) is 5.44. The maximum atomic E-state index is 6.03. The predicted octanol–water partition coefficient (Wildman–Crippen LogP) is 3.76. The molecular weight excluding hydrogens is 292 g/mol. The van der Waals surface area contributed by atoms with Gasteiger partial charge in [0.15, 0.2) is 5.65 Å². The van der Waals surface area contributed by atoms with Crippen LogP contribution in [0.2, 0.25) is 0 Å². The minimum atomic E-state index is 0.485. The Labute approximate surface area is 116 Å². The molecule has 2 heterocycles. The van der Waals surface area contributed by atoms with Crippen LogP contribution < -0.4 is 5.73 Å². The zero-order chi connectivity index (χ0) is 13.1. The number of rotatable bonds is 5. The van der Waals surface area contributed by atoms with Crippen LogP contribution in [0.3, 0.4) is 0 Å². The Balaban J connectivity index is 2.40. The summed E-state index contributed by atoms with van der Waals surface area (Å²) >= 11 is 3.46. The number of hydrogen-bond acceptors (Lipinski definition) is 3. The van der Waals surface area contributed by atoms with Crippen LogP contribution in [0.1, 0.15) is 51.1 Å². The highest BCUT2D eigenvalue weighted by molar-refractivity contribution is 9.10. The Kier molecular flexibility index (Phi) is 4.22. The summed E-state index contributed by atoms with van der Waals surface area (Å²) < 4.78 is 2.56. The van der Waals surface area contributed by atoms with E-state index in [0.29, 0.717) is 11.7 Å². The topological polar surface area (TPSA) is 56.2 Å². The van der Waals surface area contributed by atoms with Crippen LogP contribution in [-0.4, -0.2) is 14.6 Å². The lowest BCUT2D eigenvalue weighted by molar-refractivity contribution is 0.557. The molecule has 0 aromatic carbocycles. The van der Waals surface area contributed by atoms with Crippen molar-refractivity contribution in [2.75, 3.05) is 5.73 Å². The average molecular weight is 311 g/mol. The Morgan fingerprint density at radius 2 is 2.22 bits per heavy atom. The van der Waals surface area contributed by atoms with E-state index in [0.717, 1.165) is 22.2 Å². The number of nitrogens with two attached hydrogens (primary N) is 1. The first-order valence-electron chi connectivity index (χ1n) is 6.47. The van der Waals surface area contributed by atoms with Crippen molar-refractivity contribution < 1.29 is 0 Å². The summed E-state index contributed by atoms with van der Waals surface area (Å²) in [5, 5.41) is 4.19. The zero-order valence-electron chi connectivity index (χ0n) is 10.9. The Hall–Kier alpha value is -1.10. The second-order valence-electron chi connectivity index (χ2n) is 4.58. The van der Waals surface area contributed by atoms with Crippen molar-refractivity contribution in [3.8, 4) is 0 Å². The normalized spacial score (nSPS) is 13.1. The molecule has 2 aromatic heterocycles. The summed E-state index contributed by atoms with van der Waals surface area (Å²) in [7, 11) is 0. The van der Waals surface area contributed by atoms with Crippen LogP contribution in [0, 0.1) is 0 Å². The van der Waals surface area contributed by atoms with Crippen LogP contribution in [0.4, 0.5) is 5.82 Å². The van der Waals surface area contributed by atoms with Gasteiger partial charge in [0.25, 0.3) is 0 Å². The van der Waals surface area contributed by atoms with E-state index in [2.05, 4.69) is 34.9 Å². The summed E-state index contributed by atoms with van der Waals surface area (Å²) in [5.41, 5.74) is 7.92. The molecule has 0 aliphatic carbocycles. The zero-order valence-corrected chi connectivity index (χ0v) is 12.4. The highest BCUT2D eigenvalue weighted by Crippen LogP contribution is 2.27. The molecule has 0 radical (unpaired) electrons. The number of nitrogens with zero attached hydrogens (tertiary/aromatic N) is 3. The van der Waals surface area contributed by atoms with E-state index in [4.69, 9.17) is 10.7 Å². The minimum absolute atomic E-state index is 0.485. The average Bonchev–Trinajstić information content (AvgIpc) is 2.73. The molecule has 0 saturated heterocycles. The first-order chi connectivity index (χ1) is 8.67. The SMILES string of the molecule is CCCCC(CC)c1cc(N)n2ncc(Br)c2n1. The van der Waals surface area contributed by atoms with Crippen LogP contribution in [-0.2, 0) is 0 Å². The molecule has 4 nitrogen and oxygen atoms in total. The number of unbranched alkanes of at least 4 members (excludes halogenated alkanes) is 1. The van der Waals surface area contributed by atoms with Crippen molar-refractivity contribution in [3.05, 3.63) is 22.4 Å². The Morgan fingerprint density at radius 3 is 2.89 bits per heavy atom. The fourth-order valence-corrected chi connectivity index (χ4v) is 2.55. The van der Waals surface area contributed by atoms with E-state index in [1.807, 2.05) is 6.07 Å². The Bertz CT molecular complexity index is 535. The number of halogens is 1. The lowest BCUT2D eigenvalue weighted by Gasteiger charge is -2.15. The van der Waals surface area contributed by atoms with Crippen molar-refractivity contribution in [3.63, 3.8) is 0 Å². The first-order valence-corrected chi connectivity index (χ1v) is 7.26. The molecule has 0 aliphatic rings. The molecule has 2 aromatic rings. The monoisotopic (exact) mass is 310 g/mol. The van der Waals surface area contributed by atoms with Gasteiger partial charge in [0, 0.05) is 17.7 Å². The summed E-state index contributed by atoms with van der Waals surface area (Å²) in [5.74, 6) is 1.13. The van der Waals surface area contributed by atoms with Gasteiger partial charge >= 0.3 is 0 Å². The number of hydrogen-bond donors (Lipinski definition) is 1. The standard InChI is InChI=1S/C13H19BrN4/c1-3-5-6-9(4-2)11-7-12(15)18-13(17-11)10(14)8-16-18/h7-9H,3-6,15H2,1-2H3. The van der Waals surface area contributed by atoms with Gasteiger partial charge < -0.3 is 5.73 Å². The number of fused-ring (bicyclic) bond motifs is 1. The van der Waals surface area contributed by atoms with Gasteiger partial charge in [-0.2, -0.15) is 9.61 Å². The lowest BCUT2D eigenvalue weighted by atomic mass is 9.95. The van der Waals surface area contributed by atoms with Crippen LogP contribution in [0.15, 0.2) is 16.7 Å². The highest BCUT2D eigenvalue weighted by atomic mass is 79.9. The minimum Gasteiger partial charge on any atom is -0.384 e. The molecule has 0 saturated carbocycles. The maximum absolute atomic E-state index is 6.03. The quantitative estimate of drug-likeness (QED) is 0.914. The van der Waals surface area contributed by atoms with Gasteiger partial charge in [0.1, 0.15) is 5.82 Å². The van der Waals surface area contributed by atoms with Crippen LogP contribution in [0.5, 0.6) is 0 Å².